The van der Waals surface area contributed by atoms with Crippen molar-refractivity contribution in [3.63, 3.8) is 0 Å². The van der Waals surface area contributed by atoms with Crippen LogP contribution in [0.5, 0.6) is 0 Å². The van der Waals surface area contributed by atoms with Crippen molar-refractivity contribution in [1.29, 1.82) is 0 Å². The average Bonchev–Trinajstić information content (AvgIpc) is 2.26. The lowest BCUT2D eigenvalue weighted by Gasteiger charge is -2.34. The molecule has 1 N–H and O–H groups in total. The van der Waals surface area contributed by atoms with Gasteiger partial charge in [0, 0.05) is 6.54 Å². The number of thiol groups is 1. The molecule has 16 heavy (non-hydrogen) atoms. The van der Waals surface area contributed by atoms with Gasteiger partial charge in [-0.2, -0.15) is 12.6 Å². The fraction of sp³-hybridized carbons (Fsp3) is 0.923. The Morgan fingerprint density at radius 2 is 1.88 bits per heavy atom. The van der Waals surface area contributed by atoms with Gasteiger partial charge in [0.1, 0.15) is 0 Å². The standard InChI is InChI=1S/C13H25NOS/c1-10(2)11(16)12(15)14-9-13(3)7-5-4-6-8-13/h10-11,16H,4-9H2,1-3H3,(H,14,15). The third-order valence-electron chi connectivity index (χ3n) is 3.65. The van der Waals surface area contributed by atoms with Crippen LogP contribution in [0.1, 0.15) is 52.9 Å². The summed E-state index contributed by atoms with van der Waals surface area (Å²) in [4.78, 5) is 11.8. The molecule has 94 valence electrons. The number of nitrogens with one attached hydrogen (secondary N) is 1. The number of carbonyl (C=O) groups excluding carboxylic acids is 1. The molecule has 0 saturated heterocycles. The second kappa shape index (κ2) is 5.95. The van der Waals surface area contributed by atoms with Gasteiger partial charge in [0.25, 0.3) is 0 Å². The van der Waals surface area contributed by atoms with Gasteiger partial charge >= 0.3 is 0 Å². The minimum Gasteiger partial charge on any atom is -0.355 e. The zero-order valence-corrected chi connectivity index (χ0v) is 11.6. The Morgan fingerprint density at radius 1 is 1.31 bits per heavy atom. The lowest BCUT2D eigenvalue weighted by atomic mass is 9.76. The van der Waals surface area contributed by atoms with E-state index < -0.39 is 0 Å². The Labute approximate surface area is 105 Å². The number of carbonyl (C=O) groups is 1. The summed E-state index contributed by atoms with van der Waals surface area (Å²) in [6, 6.07) is 0. The van der Waals surface area contributed by atoms with E-state index in [1.165, 1.54) is 32.1 Å². The molecule has 1 unspecified atom stereocenters. The fourth-order valence-corrected chi connectivity index (χ4v) is 2.38. The van der Waals surface area contributed by atoms with Crippen LogP contribution in [0.2, 0.25) is 0 Å². The molecular formula is C13H25NOS. The molecule has 1 rings (SSSR count). The Hall–Kier alpha value is -0.180. The monoisotopic (exact) mass is 243 g/mol. The van der Waals surface area contributed by atoms with Crippen molar-refractivity contribution in [3.8, 4) is 0 Å². The largest absolute Gasteiger partial charge is 0.355 e. The van der Waals surface area contributed by atoms with Crippen LogP contribution in [-0.4, -0.2) is 17.7 Å². The Kier molecular flexibility index (Phi) is 5.16. The van der Waals surface area contributed by atoms with E-state index in [0.717, 1.165) is 6.54 Å². The molecule has 0 aromatic carbocycles. The average molecular weight is 243 g/mol. The van der Waals surface area contributed by atoms with E-state index in [4.69, 9.17) is 0 Å². The third kappa shape index (κ3) is 4.00. The maximum Gasteiger partial charge on any atom is 0.233 e. The van der Waals surface area contributed by atoms with E-state index in [2.05, 4.69) is 24.9 Å². The molecule has 0 bridgehead atoms. The summed E-state index contributed by atoms with van der Waals surface area (Å²) in [5.74, 6) is 0.382. The smallest absolute Gasteiger partial charge is 0.233 e. The SMILES string of the molecule is CC(C)C(S)C(=O)NCC1(C)CCCCC1. The van der Waals surface area contributed by atoms with E-state index in [9.17, 15) is 4.79 Å². The summed E-state index contributed by atoms with van der Waals surface area (Å²) in [5, 5.41) is 2.88. The van der Waals surface area contributed by atoms with Gasteiger partial charge in [-0.25, -0.2) is 0 Å². The highest BCUT2D eigenvalue weighted by atomic mass is 32.1. The quantitative estimate of drug-likeness (QED) is 0.730. The topological polar surface area (TPSA) is 29.1 Å². The zero-order chi connectivity index (χ0) is 12.2. The molecule has 0 heterocycles. The van der Waals surface area contributed by atoms with Crippen LogP contribution in [-0.2, 0) is 4.79 Å². The van der Waals surface area contributed by atoms with Gasteiger partial charge < -0.3 is 5.32 Å². The van der Waals surface area contributed by atoms with Gasteiger partial charge in [-0.1, -0.05) is 40.0 Å². The van der Waals surface area contributed by atoms with Gasteiger partial charge in [0.2, 0.25) is 5.91 Å². The highest BCUT2D eigenvalue weighted by Crippen LogP contribution is 2.34. The number of hydrogen-bond acceptors (Lipinski definition) is 2. The molecule has 1 fully saturated rings. The minimum atomic E-state index is -0.174. The molecule has 1 atom stereocenters. The van der Waals surface area contributed by atoms with E-state index in [1.54, 1.807) is 0 Å². The van der Waals surface area contributed by atoms with Gasteiger partial charge in [0.05, 0.1) is 5.25 Å². The van der Waals surface area contributed by atoms with Gasteiger partial charge in [-0.05, 0) is 24.2 Å². The van der Waals surface area contributed by atoms with Crippen LogP contribution in [0, 0.1) is 11.3 Å². The first kappa shape index (κ1) is 13.9. The van der Waals surface area contributed by atoms with Crippen LogP contribution >= 0.6 is 12.6 Å². The van der Waals surface area contributed by atoms with Gasteiger partial charge in [-0.15, -0.1) is 0 Å². The van der Waals surface area contributed by atoms with Gasteiger partial charge in [-0.3, -0.25) is 4.79 Å². The van der Waals surface area contributed by atoms with Crippen LogP contribution < -0.4 is 5.32 Å². The molecule has 0 radical (unpaired) electrons. The number of amides is 1. The van der Waals surface area contributed by atoms with Crippen LogP contribution in [0.4, 0.5) is 0 Å². The van der Waals surface area contributed by atoms with Crippen molar-refractivity contribution in [3.05, 3.63) is 0 Å². The van der Waals surface area contributed by atoms with Crippen molar-refractivity contribution >= 4 is 18.5 Å². The number of rotatable bonds is 4. The molecule has 3 heteroatoms. The highest BCUT2D eigenvalue weighted by molar-refractivity contribution is 7.81. The summed E-state index contributed by atoms with van der Waals surface area (Å²) in [7, 11) is 0. The maximum absolute atomic E-state index is 11.8. The predicted octanol–water partition coefficient (Wildman–Crippen LogP) is 3.03. The molecule has 1 aliphatic rings. The fourth-order valence-electron chi connectivity index (χ4n) is 2.29. The van der Waals surface area contributed by atoms with Crippen molar-refractivity contribution in [2.75, 3.05) is 6.54 Å². The molecule has 1 saturated carbocycles. The van der Waals surface area contributed by atoms with Crippen molar-refractivity contribution in [2.24, 2.45) is 11.3 Å². The molecular weight excluding hydrogens is 218 g/mol. The second-order valence-electron chi connectivity index (χ2n) is 5.78. The summed E-state index contributed by atoms with van der Waals surface area (Å²) < 4.78 is 0. The molecule has 1 amide bonds. The van der Waals surface area contributed by atoms with E-state index in [-0.39, 0.29) is 11.2 Å². The number of hydrogen-bond donors (Lipinski definition) is 2. The third-order valence-corrected chi connectivity index (χ3v) is 4.48. The summed E-state index contributed by atoms with van der Waals surface area (Å²) >= 11 is 4.33. The highest BCUT2D eigenvalue weighted by Gasteiger charge is 2.28. The lowest BCUT2D eigenvalue weighted by molar-refractivity contribution is -0.121. The Morgan fingerprint density at radius 3 is 2.38 bits per heavy atom. The van der Waals surface area contributed by atoms with Crippen molar-refractivity contribution in [2.45, 2.75) is 58.1 Å². The van der Waals surface area contributed by atoms with Crippen LogP contribution in [0.25, 0.3) is 0 Å². The molecule has 2 nitrogen and oxygen atoms in total. The first-order valence-electron chi connectivity index (χ1n) is 6.40. The zero-order valence-electron chi connectivity index (χ0n) is 10.8. The minimum absolute atomic E-state index is 0.0881. The van der Waals surface area contributed by atoms with E-state index in [1.807, 2.05) is 13.8 Å². The van der Waals surface area contributed by atoms with Gasteiger partial charge in [0.15, 0.2) is 0 Å². The van der Waals surface area contributed by atoms with E-state index >= 15 is 0 Å². The molecule has 1 aliphatic carbocycles. The second-order valence-corrected chi connectivity index (χ2v) is 6.33. The first-order valence-corrected chi connectivity index (χ1v) is 6.92. The van der Waals surface area contributed by atoms with Crippen LogP contribution in [0.15, 0.2) is 0 Å². The van der Waals surface area contributed by atoms with Crippen LogP contribution in [0.3, 0.4) is 0 Å². The van der Waals surface area contributed by atoms with E-state index in [0.29, 0.717) is 11.3 Å². The summed E-state index contributed by atoms with van der Waals surface area (Å²) in [6.07, 6.45) is 6.45. The first-order chi connectivity index (χ1) is 7.44. The normalized spacial score (nSPS) is 21.8. The summed E-state index contributed by atoms with van der Waals surface area (Å²) in [6.45, 7) is 7.16. The Balaban J connectivity index is 2.35. The Bertz CT molecular complexity index is 234. The van der Waals surface area contributed by atoms with Crippen molar-refractivity contribution in [1.82, 2.24) is 5.32 Å². The van der Waals surface area contributed by atoms with Crippen molar-refractivity contribution < 1.29 is 4.79 Å². The molecule has 0 aromatic heterocycles. The maximum atomic E-state index is 11.8. The molecule has 0 aromatic rings. The predicted molar refractivity (Wildman–Crippen MR) is 71.8 cm³/mol. The molecule has 0 spiro atoms. The lowest BCUT2D eigenvalue weighted by Crippen LogP contribution is -2.41. The molecule has 0 aliphatic heterocycles. The summed E-state index contributed by atoms with van der Waals surface area (Å²) in [5.41, 5.74) is 0.318.